The van der Waals surface area contributed by atoms with Crippen LogP contribution in [0.1, 0.15) is 19.4 Å². The third-order valence-electron chi connectivity index (χ3n) is 2.55. The molecule has 0 saturated heterocycles. The van der Waals surface area contributed by atoms with Crippen molar-refractivity contribution in [1.29, 1.82) is 0 Å². The fraction of sp³-hybridized carbons (Fsp3) is 0.429. The summed E-state index contributed by atoms with van der Waals surface area (Å²) in [6.45, 7) is 5.84. The fourth-order valence-electron chi connectivity index (χ4n) is 1.33. The maximum Gasteiger partial charge on any atom is 0.119 e. The van der Waals surface area contributed by atoms with E-state index in [-0.39, 0.29) is 0 Å². The van der Waals surface area contributed by atoms with Gasteiger partial charge in [-0.25, -0.2) is 0 Å². The zero-order chi connectivity index (χ0) is 12.0. The summed E-state index contributed by atoms with van der Waals surface area (Å²) < 4.78 is 5.62. The van der Waals surface area contributed by atoms with Crippen molar-refractivity contribution in [3.63, 3.8) is 0 Å². The molecule has 0 atom stereocenters. The van der Waals surface area contributed by atoms with Crippen molar-refractivity contribution in [3.05, 3.63) is 35.9 Å². The summed E-state index contributed by atoms with van der Waals surface area (Å²) in [6.07, 6.45) is 2.11. The lowest BCUT2D eigenvalue weighted by Gasteiger charge is -2.11. The van der Waals surface area contributed by atoms with Gasteiger partial charge in [0, 0.05) is 6.54 Å². The van der Waals surface area contributed by atoms with E-state index in [4.69, 9.17) is 4.74 Å². The second-order valence-electron chi connectivity index (χ2n) is 4.15. The third kappa shape index (κ3) is 4.07. The van der Waals surface area contributed by atoms with E-state index in [2.05, 4.69) is 37.0 Å². The Balaban J connectivity index is 2.52. The second kappa shape index (κ2) is 6.33. The monoisotopic (exact) mass is 219 g/mol. The summed E-state index contributed by atoms with van der Waals surface area (Å²) >= 11 is 0. The summed E-state index contributed by atoms with van der Waals surface area (Å²) in [6, 6.07) is 8.25. The molecule has 1 aromatic carbocycles. The molecule has 16 heavy (non-hydrogen) atoms. The molecule has 2 heteroatoms. The minimum atomic E-state index is 0.731. The first-order chi connectivity index (χ1) is 7.63. The average Bonchev–Trinajstić information content (AvgIpc) is 2.28. The molecular weight excluding hydrogens is 198 g/mol. The number of nitrogens with zero attached hydrogens (tertiary/aromatic N) is 1. The first-order valence-electron chi connectivity index (χ1n) is 5.64. The van der Waals surface area contributed by atoms with E-state index in [9.17, 15) is 0 Å². The van der Waals surface area contributed by atoms with Gasteiger partial charge in [-0.05, 0) is 51.2 Å². The number of allylic oxidation sites excluding steroid dienone is 2. The van der Waals surface area contributed by atoms with Crippen molar-refractivity contribution in [1.82, 2.24) is 4.90 Å². The summed E-state index contributed by atoms with van der Waals surface area (Å²) in [5, 5.41) is 0. The zero-order valence-electron chi connectivity index (χ0n) is 10.7. The van der Waals surface area contributed by atoms with E-state index in [1.807, 2.05) is 26.2 Å². The molecule has 0 radical (unpaired) electrons. The minimum absolute atomic E-state index is 0.731. The van der Waals surface area contributed by atoms with Gasteiger partial charge in [0.15, 0.2) is 0 Å². The molecule has 0 aliphatic carbocycles. The molecule has 1 rings (SSSR count). The van der Waals surface area contributed by atoms with Crippen molar-refractivity contribution < 1.29 is 4.74 Å². The van der Waals surface area contributed by atoms with Gasteiger partial charge in [0.25, 0.3) is 0 Å². The number of hydrogen-bond acceptors (Lipinski definition) is 2. The predicted molar refractivity (Wildman–Crippen MR) is 69.8 cm³/mol. The second-order valence-corrected chi connectivity index (χ2v) is 4.15. The number of rotatable bonds is 5. The van der Waals surface area contributed by atoms with Crippen LogP contribution in [-0.4, -0.2) is 32.1 Å². The molecule has 0 amide bonds. The van der Waals surface area contributed by atoms with Crippen molar-refractivity contribution in [3.8, 4) is 5.75 Å². The third-order valence-corrected chi connectivity index (χ3v) is 2.55. The summed E-state index contributed by atoms with van der Waals surface area (Å²) in [4.78, 5) is 2.11. The molecule has 0 N–H and O–H groups in total. The van der Waals surface area contributed by atoms with Crippen LogP contribution in [0.2, 0.25) is 0 Å². The van der Waals surface area contributed by atoms with Crippen LogP contribution in [0.25, 0.3) is 5.57 Å². The molecule has 2 nitrogen and oxygen atoms in total. The van der Waals surface area contributed by atoms with E-state index in [1.54, 1.807) is 0 Å². The zero-order valence-corrected chi connectivity index (χ0v) is 10.7. The number of benzene rings is 1. The Kier molecular flexibility index (Phi) is 5.06. The largest absolute Gasteiger partial charge is 0.492 e. The molecule has 0 aliphatic heterocycles. The summed E-state index contributed by atoms with van der Waals surface area (Å²) in [7, 11) is 4.09. The van der Waals surface area contributed by atoms with Crippen LogP contribution >= 0.6 is 0 Å². The highest BCUT2D eigenvalue weighted by atomic mass is 16.5. The van der Waals surface area contributed by atoms with E-state index >= 15 is 0 Å². The molecule has 0 heterocycles. The van der Waals surface area contributed by atoms with Gasteiger partial charge in [0.1, 0.15) is 12.4 Å². The van der Waals surface area contributed by atoms with E-state index < -0.39 is 0 Å². The van der Waals surface area contributed by atoms with Crippen LogP contribution in [0.15, 0.2) is 30.3 Å². The van der Waals surface area contributed by atoms with Crippen LogP contribution in [0.4, 0.5) is 0 Å². The Labute approximate surface area is 98.5 Å². The Hall–Kier alpha value is -1.28. The lowest BCUT2D eigenvalue weighted by molar-refractivity contribution is 0.261. The molecule has 0 aliphatic rings. The van der Waals surface area contributed by atoms with Crippen LogP contribution in [0, 0.1) is 0 Å². The lowest BCUT2D eigenvalue weighted by atomic mass is 10.1. The van der Waals surface area contributed by atoms with Crippen molar-refractivity contribution in [2.75, 3.05) is 27.2 Å². The first-order valence-corrected chi connectivity index (χ1v) is 5.64. The van der Waals surface area contributed by atoms with Crippen molar-refractivity contribution in [2.24, 2.45) is 0 Å². The van der Waals surface area contributed by atoms with Gasteiger partial charge in [-0.15, -0.1) is 0 Å². The first kappa shape index (κ1) is 12.8. The minimum Gasteiger partial charge on any atom is -0.492 e. The molecule has 0 saturated carbocycles. The topological polar surface area (TPSA) is 12.5 Å². The van der Waals surface area contributed by atoms with Crippen molar-refractivity contribution in [2.45, 2.75) is 13.8 Å². The highest BCUT2D eigenvalue weighted by Crippen LogP contribution is 2.18. The normalized spacial score (nSPS) is 11.9. The van der Waals surface area contributed by atoms with E-state index in [0.717, 1.165) is 18.9 Å². The van der Waals surface area contributed by atoms with Crippen LogP contribution in [-0.2, 0) is 0 Å². The van der Waals surface area contributed by atoms with Gasteiger partial charge >= 0.3 is 0 Å². The van der Waals surface area contributed by atoms with Gasteiger partial charge in [-0.2, -0.15) is 0 Å². The summed E-state index contributed by atoms with van der Waals surface area (Å²) in [5.41, 5.74) is 2.54. The molecule has 0 bridgehead atoms. The Morgan fingerprint density at radius 1 is 1.25 bits per heavy atom. The average molecular weight is 219 g/mol. The van der Waals surface area contributed by atoms with Crippen LogP contribution < -0.4 is 4.74 Å². The molecule has 0 spiro atoms. The number of likely N-dealkylation sites (N-methyl/N-ethyl adjacent to an activating group) is 1. The Morgan fingerprint density at radius 2 is 1.88 bits per heavy atom. The molecule has 0 aromatic heterocycles. The molecule has 1 aromatic rings. The van der Waals surface area contributed by atoms with Gasteiger partial charge in [-0.1, -0.05) is 18.2 Å². The maximum atomic E-state index is 5.62. The molecule has 88 valence electrons. The van der Waals surface area contributed by atoms with Crippen LogP contribution in [0.3, 0.4) is 0 Å². The molecular formula is C14H21NO. The molecule has 0 unspecified atom stereocenters. The Morgan fingerprint density at radius 3 is 2.38 bits per heavy atom. The van der Waals surface area contributed by atoms with Crippen molar-refractivity contribution >= 4 is 5.57 Å². The fourth-order valence-corrected chi connectivity index (χ4v) is 1.33. The lowest BCUT2D eigenvalue weighted by Crippen LogP contribution is -2.19. The Bertz CT molecular complexity index is 338. The van der Waals surface area contributed by atoms with Gasteiger partial charge < -0.3 is 9.64 Å². The van der Waals surface area contributed by atoms with E-state index in [1.165, 1.54) is 11.1 Å². The summed E-state index contributed by atoms with van der Waals surface area (Å²) in [5.74, 6) is 0.939. The van der Waals surface area contributed by atoms with Gasteiger partial charge in [0.2, 0.25) is 0 Å². The van der Waals surface area contributed by atoms with E-state index in [0.29, 0.717) is 0 Å². The molecule has 0 fully saturated rings. The standard InChI is InChI=1S/C14H21NO/c1-5-12(2)13-6-8-14(9-7-13)16-11-10-15(3)4/h5-9H,10-11H2,1-4H3/b12-5+. The maximum absolute atomic E-state index is 5.62. The van der Waals surface area contributed by atoms with Gasteiger partial charge in [0.05, 0.1) is 0 Å². The SMILES string of the molecule is C/C=C(\C)c1ccc(OCCN(C)C)cc1. The smallest absolute Gasteiger partial charge is 0.119 e. The number of ether oxygens (including phenoxy) is 1. The highest BCUT2D eigenvalue weighted by Gasteiger charge is 1.97. The highest BCUT2D eigenvalue weighted by molar-refractivity contribution is 5.63. The quantitative estimate of drug-likeness (QED) is 0.754. The number of hydrogen-bond donors (Lipinski definition) is 0. The van der Waals surface area contributed by atoms with Gasteiger partial charge in [-0.3, -0.25) is 0 Å². The van der Waals surface area contributed by atoms with Crippen LogP contribution in [0.5, 0.6) is 5.75 Å². The predicted octanol–water partition coefficient (Wildman–Crippen LogP) is 3.05.